The van der Waals surface area contributed by atoms with Gasteiger partial charge in [-0.3, -0.25) is 4.79 Å². The molecule has 17 heavy (non-hydrogen) atoms. The summed E-state index contributed by atoms with van der Waals surface area (Å²) >= 11 is 0. The van der Waals surface area contributed by atoms with Crippen molar-refractivity contribution in [1.82, 2.24) is 5.32 Å². The van der Waals surface area contributed by atoms with Crippen molar-refractivity contribution in [2.75, 3.05) is 7.05 Å². The molecule has 0 heterocycles. The zero-order valence-corrected chi connectivity index (χ0v) is 10.2. The lowest BCUT2D eigenvalue weighted by Crippen LogP contribution is -2.20. The predicted molar refractivity (Wildman–Crippen MR) is 69.5 cm³/mol. The van der Waals surface area contributed by atoms with E-state index in [0.717, 1.165) is 11.1 Å². The van der Waals surface area contributed by atoms with Crippen molar-refractivity contribution in [2.24, 2.45) is 0 Å². The van der Waals surface area contributed by atoms with Crippen molar-refractivity contribution in [2.45, 2.75) is 13.3 Å². The first kappa shape index (κ1) is 13.0. The fourth-order valence-electron chi connectivity index (χ4n) is 1.49. The van der Waals surface area contributed by atoms with Crippen LogP contribution in [0.3, 0.4) is 0 Å². The zero-order valence-electron chi connectivity index (χ0n) is 10.2. The van der Waals surface area contributed by atoms with E-state index in [2.05, 4.69) is 11.9 Å². The lowest BCUT2D eigenvalue weighted by molar-refractivity contribution is -0.117. The smallest absolute Gasteiger partial charge is 0.247 e. The lowest BCUT2D eigenvalue weighted by Gasteiger charge is -2.07. The van der Waals surface area contributed by atoms with E-state index in [1.54, 1.807) is 38.3 Å². The van der Waals surface area contributed by atoms with Crippen molar-refractivity contribution in [3.05, 3.63) is 59.4 Å². The van der Waals surface area contributed by atoms with Gasteiger partial charge in [0.05, 0.1) is 0 Å². The van der Waals surface area contributed by atoms with E-state index in [1.165, 1.54) is 0 Å². The van der Waals surface area contributed by atoms with Crippen LogP contribution in [0.4, 0.5) is 0 Å². The molecule has 0 atom stereocenters. The standard InChI is InChI=1S/C14H17NO2/c1-4-13(16)9-11-6-5-7-12(8-10(11)2)14(17)15-3/h4-7,9,16H,2,8H2,1,3H3,(H,15,17)/b11-9-,13-4+. The highest BCUT2D eigenvalue weighted by molar-refractivity contribution is 5.94. The van der Waals surface area contributed by atoms with Crippen LogP contribution in [0.2, 0.25) is 0 Å². The van der Waals surface area contributed by atoms with Gasteiger partial charge in [0.2, 0.25) is 5.91 Å². The second kappa shape index (κ2) is 5.89. The average molecular weight is 231 g/mol. The van der Waals surface area contributed by atoms with Crippen LogP contribution in [-0.4, -0.2) is 18.1 Å². The molecular formula is C14H17NO2. The molecule has 90 valence electrons. The molecule has 0 radical (unpaired) electrons. The highest BCUT2D eigenvalue weighted by atomic mass is 16.3. The van der Waals surface area contributed by atoms with Crippen LogP contribution in [0, 0.1) is 0 Å². The molecule has 0 aromatic rings. The maximum absolute atomic E-state index is 11.5. The number of aliphatic hydroxyl groups excluding tert-OH is 1. The van der Waals surface area contributed by atoms with Crippen molar-refractivity contribution < 1.29 is 9.90 Å². The van der Waals surface area contributed by atoms with Crippen LogP contribution < -0.4 is 5.32 Å². The van der Waals surface area contributed by atoms with E-state index in [9.17, 15) is 9.90 Å². The van der Waals surface area contributed by atoms with Crippen molar-refractivity contribution in [3.8, 4) is 0 Å². The summed E-state index contributed by atoms with van der Waals surface area (Å²) in [5.74, 6) is 0.0847. The van der Waals surface area contributed by atoms with Gasteiger partial charge >= 0.3 is 0 Å². The van der Waals surface area contributed by atoms with E-state index in [1.807, 2.05) is 6.08 Å². The van der Waals surface area contributed by atoms with Crippen LogP contribution >= 0.6 is 0 Å². The predicted octanol–water partition coefficient (Wildman–Crippen LogP) is 2.56. The number of rotatable bonds is 2. The van der Waals surface area contributed by atoms with Gasteiger partial charge in [-0.15, -0.1) is 0 Å². The molecule has 0 unspecified atom stereocenters. The number of hydrogen-bond donors (Lipinski definition) is 2. The lowest BCUT2D eigenvalue weighted by atomic mass is 10.0. The Labute approximate surface area is 102 Å². The molecule has 1 aliphatic carbocycles. The number of carbonyl (C=O) groups is 1. The zero-order chi connectivity index (χ0) is 12.8. The molecule has 1 aliphatic rings. The quantitative estimate of drug-likeness (QED) is 0.717. The summed E-state index contributed by atoms with van der Waals surface area (Å²) in [6.45, 7) is 5.68. The van der Waals surface area contributed by atoms with E-state index >= 15 is 0 Å². The Kier molecular flexibility index (Phi) is 4.52. The number of likely N-dealkylation sites (N-methyl/N-ethyl adjacent to an activating group) is 1. The van der Waals surface area contributed by atoms with Crippen molar-refractivity contribution in [1.29, 1.82) is 0 Å². The third-order valence-corrected chi connectivity index (χ3v) is 2.50. The van der Waals surface area contributed by atoms with Gasteiger partial charge < -0.3 is 10.4 Å². The third-order valence-electron chi connectivity index (χ3n) is 2.50. The Balaban J connectivity index is 2.94. The highest BCUT2D eigenvalue weighted by Crippen LogP contribution is 2.23. The molecule has 2 N–H and O–H groups in total. The number of aliphatic hydroxyl groups is 1. The topological polar surface area (TPSA) is 49.3 Å². The Bertz CT molecular complexity index is 451. The molecular weight excluding hydrogens is 214 g/mol. The largest absolute Gasteiger partial charge is 0.508 e. The van der Waals surface area contributed by atoms with E-state index in [4.69, 9.17) is 0 Å². The summed E-state index contributed by atoms with van der Waals surface area (Å²) in [6.07, 6.45) is 9.11. The normalized spacial score (nSPS) is 18.9. The maximum atomic E-state index is 11.5. The SMILES string of the molecule is C=C1CC(C(=O)NC)=CC=C/C1=C/C(O)=C\C. The molecule has 1 amide bonds. The van der Waals surface area contributed by atoms with Crippen LogP contribution in [0.1, 0.15) is 13.3 Å². The van der Waals surface area contributed by atoms with Crippen LogP contribution in [0.5, 0.6) is 0 Å². The summed E-state index contributed by atoms with van der Waals surface area (Å²) in [4.78, 5) is 11.5. The second-order valence-electron chi connectivity index (χ2n) is 3.72. The van der Waals surface area contributed by atoms with Crippen LogP contribution in [-0.2, 0) is 4.79 Å². The van der Waals surface area contributed by atoms with Gasteiger partial charge in [-0.25, -0.2) is 0 Å². The van der Waals surface area contributed by atoms with Crippen LogP contribution in [0.15, 0.2) is 59.4 Å². The molecule has 0 aromatic heterocycles. The number of carbonyl (C=O) groups excluding carboxylic acids is 1. The first-order chi connectivity index (χ1) is 8.08. The van der Waals surface area contributed by atoms with Gasteiger partial charge in [0.1, 0.15) is 5.76 Å². The summed E-state index contributed by atoms with van der Waals surface area (Å²) < 4.78 is 0. The molecule has 0 saturated heterocycles. The Morgan fingerprint density at radius 1 is 1.59 bits per heavy atom. The first-order valence-corrected chi connectivity index (χ1v) is 5.43. The molecule has 0 aromatic carbocycles. The minimum atomic E-state index is -0.104. The molecule has 0 spiro atoms. The Morgan fingerprint density at radius 3 is 2.88 bits per heavy atom. The molecule has 3 heteroatoms. The molecule has 0 bridgehead atoms. The third kappa shape index (κ3) is 3.48. The summed E-state index contributed by atoms with van der Waals surface area (Å²) in [5.41, 5.74) is 2.30. The van der Waals surface area contributed by atoms with Gasteiger partial charge in [0, 0.05) is 19.0 Å². The Hall–Kier alpha value is -2.03. The van der Waals surface area contributed by atoms with Crippen LogP contribution in [0.25, 0.3) is 0 Å². The van der Waals surface area contributed by atoms with Gasteiger partial charge in [0.25, 0.3) is 0 Å². The minimum absolute atomic E-state index is 0.104. The van der Waals surface area contributed by atoms with E-state index in [0.29, 0.717) is 12.0 Å². The van der Waals surface area contributed by atoms with E-state index < -0.39 is 0 Å². The Morgan fingerprint density at radius 2 is 2.29 bits per heavy atom. The highest BCUT2D eigenvalue weighted by Gasteiger charge is 2.12. The summed E-state index contributed by atoms with van der Waals surface area (Å²) in [5, 5.41) is 12.0. The average Bonchev–Trinajstić information content (AvgIpc) is 2.51. The van der Waals surface area contributed by atoms with E-state index in [-0.39, 0.29) is 11.7 Å². The van der Waals surface area contributed by atoms with Crippen molar-refractivity contribution >= 4 is 5.91 Å². The molecule has 0 aliphatic heterocycles. The minimum Gasteiger partial charge on any atom is -0.508 e. The monoisotopic (exact) mass is 231 g/mol. The second-order valence-corrected chi connectivity index (χ2v) is 3.72. The van der Waals surface area contributed by atoms with Crippen molar-refractivity contribution in [3.63, 3.8) is 0 Å². The fourth-order valence-corrected chi connectivity index (χ4v) is 1.49. The molecule has 0 fully saturated rings. The van der Waals surface area contributed by atoms with Gasteiger partial charge in [-0.05, 0) is 30.2 Å². The number of hydrogen-bond acceptors (Lipinski definition) is 2. The molecule has 0 saturated carbocycles. The number of amides is 1. The molecule has 1 rings (SSSR count). The fraction of sp³-hybridized carbons (Fsp3) is 0.214. The van der Waals surface area contributed by atoms with Gasteiger partial charge in [-0.1, -0.05) is 24.8 Å². The summed E-state index contributed by atoms with van der Waals surface area (Å²) in [6, 6.07) is 0. The maximum Gasteiger partial charge on any atom is 0.247 e. The molecule has 3 nitrogen and oxygen atoms in total. The van der Waals surface area contributed by atoms with Gasteiger partial charge in [0.15, 0.2) is 0 Å². The number of nitrogens with one attached hydrogen (secondary N) is 1. The number of allylic oxidation sites excluding steroid dienone is 7. The first-order valence-electron chi connectivity index (χ1n) is 5.43. The summed E-state index contributed by atoms with van der Waals surface area (Å²) in [7, 11) is 1.60. The van der Waals surface area contributed by atoms with Gasteiger partial charge in [-0.2, -0.15) is 0 Å².